The van der Waals surface area contributed by atoms with E-state index in [0.717, 1.165) is 17.0 Å². The summed E-state index contributed by atoms with van der Waals surface area (Å²) in [5, 5.41) is 13.4. The molecule has 10 heteroatoms. The molecule has 4 rings (SSSR count). The van der Waals surface area contributed by atoms with Gasteiger partial charge in [0.1, 0.15) is 5.75 Å². The van der Waals surface area contributed by atoms with Crippen molar-refractivity contribution >= 4 is 17.5 Å². The summed E-state index contributed by atoms with van der Waals surface area (Å²) < 4.78 is 10.9. The standard InChI is InChI=1S/C25H27ClN6O3/c1-4-34-21-12-5-18(6-13-21)7-14-23(33)31(3)16-17(2)24-28-25(35-30-24)22-15-27-32(29-22)20-10-8-19(26)9-11-20/h5-6,8-13,15,17H,4,7,14,16H2,1-3H3. The summed E-state index contributed by atoms with van der Waals surface area (Å²) in [5.41, 5.74) is 2.32. The molecule has 0 fully saturated rings. The monoisotopic (exact) mass is 494 g/mol. The Labute approximate surface area is 208 Å². The van der Waals surface area contributed by atoms with Gasteiger partial charge in [0.15, 0.2) is 11.5 Å². The minimum Gasteiger partial charge on any atom is -0.494 e. The summed E-state index contributed by atoms with van der Waals surface area (Å²) in [5.74, 6) is 1.56. The fourth-order valence-corrected chi connectivity index (χ4v) is 3.68. The second-order valence-corrected chi connectivity index (χ2v) is 8.64. The predicted molar refractivity (Wildman–Crippen MR) is 132 cm³/mol. The first-order valence-electron chi connectivity index (χ1n) is 11.4. The molecule has 0 radical (unpaired) electrons. The molecule has 0 spiro atoms. The lowest BCUT2D eigenvalue weighted by molar-refractivity contribution is -0.130. The van der Waals surface area contributed by atoms with E-state index in [1.54, 1.807) is 30.3 Å². The maximum Gasteiger partial charge on any atom is 0.280 e. The average molecular weight is 495 g/mol. The van der Waals surface area contributed by atoms with E-state index in [9.17, 15) is 4.79 Å². The van der Waals surface area contributed by atoms with Crippen LogP contribution in [0.3, 0.4) is 0 Å². The second-order valence-electron chi connectivity index (χ2n) is 8.21. The summed E-state index contributed by atoms with van der Waals surface area (Å²) in [7, 11) is 1.79. The minimum absolute atomic E-state index is 0.0559. The van der Waals surface area contributed by atoms with Gasteiger partial charge in [-0.25, -0.2) is 0 Å². The lowest BCUT2D eigenvalue weighted by atomic mass is 10.1. The fraction of sp³-hybridized carbons (Fsp3) is 0.320. The first-order chi connectivity index (χ1) is 16.9. The third-order valence-corrected chi connectivity index (χ3v) is 5.74. The number of halogens is 1. The van der Waals surface area contributed by atoms with Crippen molar-refractivity contribution in [2.24, 2.45) is 0 Å². The quantitative estimate of drug-likeness (QED) is 0.318. The molecule has 0 bridgehead atoms. The van der Waals surface area contributed by atoms with Gasteiger partial charge < -0.3 is 14.2 Å². The van der Waals surface area contributed by atoms with Crippen LogP contribution in [0.2, 0.25) is 5.02 Å². The van der Waals surface area contributed by atoms with Crippen LogP contribution in [0.5, 0.6) is 5.75 Å². The van der Waals surface area contributed by atoms with Crippen molar-refractivity contribution in [3.05, 3.63) is 71.1 Å². The van der Waals surface area contributed by atoms with Crippen LogP contribution in [0.25, 0.3) is 17.3 Å². The number of aromatic nitrogens is 5. The number of hydrogen-bond donors (Lipinski definition) is 0. The van der Waals surface area contributed by atoms with Gasteiger partial charge in [0.05, 0.1) is 18.5 Å². The summed E-state index contributed by atoms with van der Waals surface area (Å²) in [6.07, 6.45) is 2.65. The van der Waals surface area contributed by atoms with E-state index in [2.05, 4.69) is 20.3 Å². The molecule has 2 aromatic carbocycles. The highest BCUT2D eigenvalue weighted by Gasteiger charge is 2.20. The Morgan fingerprint density at radius 2 is 1.91 bits per heavy atom. The highest BCUT2D eigenvalue weighted by Crippen LogP contribution is 2.20. The third kappa shape index (κ3) is 6.24. The number of carbonyl (C=O) groups excluding carboxylic acids is 1. The van der Waals surface area contributed by atoms with Gasteiger partial charge in [-0.15, -0.1) is 5.10 Å². The molecule has 1 amide bonds. The molecule has 2 heterocycles. The van der Waals surface area contributed by atoms with Crippen molar-refractivity contribution in [3.8, 4) is 23.0 Å². The van der Waals surface area contributed by atoms with Gasteiger partial charge in [0.25, 0.3) is 5.89 Å². The maximum atomic E-state index is 12.6. The van der Waals surface area contributed by atoms with E-state index in [1.807, 2.05) is 50.2 Å². The van der Waals surface area contributed by atoms with Gasteiger partial charge in [-0.05, 0) is 55.3 Å². The second kappa shape index (κ2) is 11.1. The van der Waals surface area contributed by atoms with Crippen LogP contribution in [-0.4, -0.2) is 56.1 Å². The molecule has 9 nitrogen and oxygen atoms in total. The Hall–Kier alpha value is -3.72. The van der Waals surface area contributed by atoms with E-state index < -0.39 is 0 Å². The molecule has 182 valence electrons. The Bertz CT molecular complexity index is 1250. The van der Waals surface area contributed by atoms with Crippen molar-refractivity contribution in [1.82, 2.24) is 30.0 Å². The Kier molecular flexibility index (Phi) is 7.77. The molecule has 1 unspecified atom stereocenters. The van der Waals surface area contributed by atoms with Gasteiger partial charge in [0, 0.05) is 31.0 Å². The van der Waals surface area contributed by atoms with Crippen LogP contribution in [0, 0.1) is 0 Å². The Balaban J connectivity index is 1.31. The van der Waals surface area contributed by atoms with Crippen molar-refractivity contribution in [2.45, 2.75) is 32.6 Å². The Morgan fingerprint density at radius 3 is 2.63 bits per heavy atom. The zero-order chi connectivity index (χ0) is 24.8. The summed E-state index contributed by atoms with van der Waals surface area (Å²) in [4.78, 5) is 20.3. The van der Waals surface area contributed by atoms with Crippen molar-refractivity contribution in [2.75, 3.05) is 20.2 Å². The molecule has 35 heavy (non-hydrogen) atoms. The summed E-state index contributed by atoms with van der Waals surface area (Å²) >= 11 is 5.94. The first kappa shape index (κ1) is 24.4. The molecule has 0 aliphatic heterocycles. The number of rotatable bonds is 10. The molecule has 0 aliphatic carbocycles. The molecule has 0 N–H and O–H groups in total. The number of carbonyl (C=O) groups is 1. The summed E-state index contributed by atoms with van der Waals surface area (Å²) in [6.45, 7) is 5.01. The Morgan fingerprint density at radius 1 is 1.17 bits per heavy atom. The third-order valence-electron chi connectivity index (χ3n) is 5.49. The average Bonchev–Trinajstić information content (AvgIpc) is 3.54. The van der Waals surface area contributed by atoms with E-state index in [0.29, 0.717) is 42.5 Å². The smallest absolute Gasteiger partial charge is 0.280 e. The number of benzene rings is 2. The van der Waals surface area contributed by atoms with E-state index in [-0.39, 0.29) is 17.7 Å². The van der Waals surface area contributed by atoms with Gasteiger partial charge >= 0.3 is 0 Å². The van der Waals surface area contributed by atoms with Crippen LogP contribution >= 0.6 is 11.6 Å². The molecule has 2 aromatic heterocycles. The van der Waals surface area contributed by atoms with Crippen molar-refractivity contribution in [1.29, 1.82) is 0 Å². The molecular formula is C25H27ClN6O3. The minimum atomic E-state index is -0.113. The zero-order valence-electron chi connectivity index (χ0n) is 19.9. The number of aryl methyl sites for hydroxylation is 1. The summed E-state index contributed by atoms with van der Waals surface area (Å²) in [6, 6.07) is 15.0. The van der Waals surface area contributed by atoms with E-state index in [4.69, 9.17) is 20.9 Å². The van der Waals surface area contributed by atoms with Gasteiger partial charge in [-0.1, -0.05) is 35.8 Å². The van der Waals surface area contributed by atoms with Crippen LogP contribution in [0.4, 0.5) is 0 Å². The van der Waals surface area contributed by atoms with Gasteiger partial charge in [-0.3, -0.25) is 4.79 Å². The van der Waals surface area contributed by atoms with Crippen molar-refractivity contribution < 1.29 is 14.1 Å². The largest absolute Gasteiger partial charge is 0.494 e. The van der Waals surface area contributed by atoms with Crippen molar-refractivity contribution in [3.63, 3.8) is 0 Å². The fourth-order valence-electron chi connectivity index (χ4n) is 3.55. The number of likely N-dealkylation sites (N-methyl/N-ethyl adjacent to an activating group) is 1. The molecule has 0 saturated heterocycles. The molecule has 0 aliphatic rings. The number of amides is 1. The molecule has 0 saturated carbocycles. The maximum absolute atomic E-state index is 12.6. The van der Waals surface area contributed by atoms with Crippen LogP contribution in [0.15, 0.2) is 59.3 Å². The normalized spacial score (nSPS) is 11.9. The van der Waals surface area contributed by atoms with Crippen LogP contribution in [-0.2, 0) is 11.2 Å². The van der Waals surface area contributed by atoms with E-state index >= 15 is 0 Å². The van der Waals surface area contributed by atoms with Gasteiger partial charge in [-0.2, -0.15) is 14.9 Å². The van der Waals surface area contributed by atoms with Gasteiger partial charge in [0.2, 0.25) is 5.91 Å². The molecular weight excluding hydrogens is 468 g/mol. The predicted octanol–water partition coefficient (Wildman–Crippen LogP) is 4.56. The molecule has 4 aromatic rings. The first-order valence-corrected chi connectivity index (χ1v) is 11.8. The highest BCUT2D eigenvalue weighted by atomic mass is 35.5. The van der Waals surface area contributed by atoms with E-state index in [1.165, 1.54) is 4.80 Å². The lowest BCUT2D eigenvalue weighted by Crippen LogP contribution is -2.30. The topological polar surface area (TPSA) is 99.2 Å². The zero-order valence-corrected chi connectivity index (χ0v) is 20.6. The number of nitrogens with zero attached hydrogens (tertiary/aromatic N) is 6. The molecule has 1 atom stereocenters. The number of hydrogen-bond acceptors (Lipinski definition) is 7. The number of ether oxygens (including phenoxy) is 1. The van der Waals surface area contributed by atoms with Crippen LogP contribution in [0.1, 0.15) is 37.6 Å². The van der Waals surface area contributed by atoms with Crippen LogP contribution < -0.4 is 4.74 Å². The highest BCUT2D eigenvalue weighted by molar-refractivity contribution is 6.30. The lowest BCUT2D eigenvalue weighted by Gasteiger charge is -2.20. The SMILES string of the molecule is CCOc1ccc(CCC(=O)N(C)CC(C)c2noc(-c3cnn(-c4ccc(Cl)cc4)n3)n2)cc1.